The maximum atomic E-state index is 12.6. The summed E-state index contributed by atoms with van der Waals surface area (Å²) in [7, 11) is 2.17. The number of rotatable bonds is 3. The molecule has 21 heavy (non-hydrogen) atoms. The highest BCUT2D eigenvalue weighted by Gasteiger charge is 2.45. The zero-order chi connectivity index (χ0) is 15.0. The molecule has 3 fully saturated rings. The fraction of sp³-hybridized carbons (Fsp3) is 0.875. The van der Waals surface area contributed by atoms with Crippen LogP contribution in [0, 0.1) is 5.92 Å². The highest BCUT2D eigenvalue weighted by atomic mass is 16.2. The average molecular weight is 293 g/mol. The van der Waals surface area contributed by atoms with Gasteiger partial charge in [0.25, 0.3) is 0 Å². The molecule has 5 nitrogen and oxygen atoms in total. The van der Waals surface area contributed by atoms with E-state index in [0.29, 0.717) is 5.92 Å². The monoisotopic (exact) mass is 293 g/mol. The zero-order valence-corrected chi connectivity index (χ0v) is 13.3. The molecule has 2 atom stereocenters. The first-order valence-corrected chi connectivity index (χ1v) is 8.37. The number of piperidine rings is 1. The number of carbonyl (C=O) groups is 2. The Labute approximate surface area is 127 Å². The van der Waals surface area contributed by atoms with Crippen molar-refractivity contribution in [1.29, 1.82) is 0 Å². The van der Waals surface area contributed by atoms with E-state index in [1.54, 1.807) is 4.90 Å². The van der Waals surface area contributed by atoms with Gasteiger partial charge in [-0.2, -0.15) is 0 Å². The summed E-state index contributed by atoms with van der Waals surface area (Å²) in [6.07, 6.45) is 5.30. The Kier molecular flexibility index (Phi) is 4.20. The van der Waals surface area contributed by atoms with Crippen LogP contribution in [0.3, 0.4) is 0 Å². The van der Waals surface area contributed by atoms with E-state index in [-0.39, 0.29) is 23.9 Å². The minimum atomic E-state index is -0.266. The van der Waals surface area contributed by atoms with Gasteiger partial charge in [-0.1, -0.05) is 0 Å². The number of nitrogens with zero attached hydrogens (tertiary/aromatic N) is 3. The van der Waals surface area contributed by atoms with Gasteiger partial charge < -0.3 is 14.7 Å². The Morgan fingerprint density at radius 3 is 2.48 bits per heavy atom. The van der Waals surface area contributed by atoms with Crippen LogP contribution >= 0.6 is 0 Å². The van der Waals surface area contributed by atoms with Crippen LogP contribution in [0.1, 0.15) is 39.0 Å². The Morgan fingerprint density at radius 2 is 1.76 bits per heavy atom. The van der Waals surface area contributed by atoms with Crippen molar-refractivity contribution in [1.82, 2.24) is 14.7 Å². The molecule has 0 radical (unpaired) electrons. The molecule has 0 aromatic rings. The van der Waals surface area contributed by atoms with Crippen LogP contribution in [-0.2, 0) is 9.59 Å². The number of fused-ring (bicyclic) bond motifs is 1. The van der Waals surface area contributed by atoms with E-state index < -0.39 is 0 Å². The smallest absolute Gasteiger partial charge is 0.246 e. The molecular weight excluding hydrogens is 266 g/mol. The van der Waals surface area contributed by atoms with E-state index in [0.717, 1.165) is 45.4 Å². The molecule has 0 bridgehead atoms. The number of carbonyl (C=O) groups excluding carboxylic acids is 2. The van der Waals surface area contributed by atoms with Crippen molar-refractivity contribution in [2.45, 2.75) is 51.1 Å². The molecule has 118 valence electrons. The van der Waals surface area contributed by atoms with Gasteiger partial charge in [0, 0.05) is 13.1 Å². The van der Waals surface area contributed by atoms with Crippen molar-refractivity contribution in [2.75, 3.05) is 33.2 Å². The number of likely N-dealkylation sites (tertiary alicyclic amines) is 1. The van der Waals surface area contributed by atoms with Gasteiger partial charge >= 0.3 is 0 Å². The predicted octanol–water partition coefficient (Wildman–Crippen LogP) is 0.940. The Balaban J connectivity index is 1.59. The molecule has 2 amide bonds. The number of amides is 2. The number of hydrogen-bond donors (Lipinski definition) is 0. The Hall–Kier alpha value is -1.10. The molecule has 0 N–H and O–H groups in total. The maximum absolute atomic E-state index is 12.6. The third-order valence-corrected chi connectivity index (χ3v) is 5.55. The highest BCUT2D eigenvalue weighted by molar-refractivity contribution is 5.97. The first-order chi connectivity index (χ1) is 10.1. The van der Waals surface area contributed by atoms with E-state index in [9.17, 15) is 9.59 Å². The lowest BCUT2D eigenvalue weighted by atomic mass is 9.93. The summed E-state index contributed by atoms with van der Waals surface area (Å²) in [6.45, 7) is 5.73. The highest BCUT2D eigenvalue weighted by Crippen LogP contribution is 2.28. The van der Waals surface area contributed by atoms with Gasteiger partial charge in [0.15, 0.2) is 0 Å². The van der Waals surface area contributed by atoms with Crippen molar-refractivity contribution in [2.24, 2.45) is 5.92 Å². The molecule has 2 unspecified atom stereocenters. The van der Waals surface area contributed by atoms with Crippen molar-refractivity contribution < 1.29 is 9.59 Å². The summed E-state index contributed by atoms with van der Waals surface area (Å²) < 4.78 is 0. The van der Waals surface area contributed by atoms with Gasteiger partial charge in [-0.25, -0.2) is 0 Å². The summed E-state index contributed by atoms with van der Waals surface area (Å²) in [5.74, 6) is 1.05. The Morgan fingerprint density at radius 1 is 1.05 bits per heavy atom. The van der Waals surface area contributed by atoms with Crippen molar-refractivity contribution in [3.63, 3.8) is 0 Å². The molecule has 3 heterocycles. The van der Waals surface area contributed by atoms with Gasteiger partial charge in [0.1, 0.15) is 12.1 Å². The molecule has 0 saturated carbocycles. The van der Waals surface area contributed by atoms with Gasteiger partial charge in [0.2, 0.25) is 11.8 Å². The normalized spacial score (nSPS) is 31.9. The van der Waals surface area contributed by atoms with Crippen LogP contribution in [0.4, 0.5) is 0 Å². The van der Waals surface area contributed by atoms with E-state index in [1.807, 2.05) is 11.8 Å². The third-order valence-electron chi connectivity index (χ3n) is 5.55. The van der Waals surface area contributed by atoms with Gasteiger partial charge in [-0.15, -0.1) is 0 Å². The predicted molar refractivity (Wildman–Crippen MR) is 80.7 cm³/mol. The first kappa shape index (κ1) is 14.8. The summed E-state index contributed by atoms with van der Waals surface area (Å²) >= 11 is 0. The van der Waals surface area contributed by atoms with Crippen LogP contribution in [0.25, 0.3) is 0 Å². The summed E-state index contributed by atoms with van der Waals surface area (Å²) in [4.78, 5) is 31.0. The fourth-order valence-corrected chi connectivity index (χ4v) is 4.02. The second-order valence-corrected chi connectivity index (χ2v) is 6.93. The summed E-state index contributed by atoms with van der Waals surface area (Å²) in [5.41, 5.74) is 0. The fourth-order valence-electron chi connectivity index (χ4n) is 4.02. The topological polar surface area (TPSA) is 43.9 Å². The van der Waals surface area contributed by atoms with Crippen molar-refractivity contribution >= 4 is 11.8 Å². The lowest BCUT2D eigenvalue weighted by Gasteiger charge is -2.41. The van der Waals surface area contributed by atoms with E-state index in [1.165, 1.54) is 12.8 Å². The molecule has 3 aliphatic rings. The molecule has 0 aromatic carbocycles. The molecule has 3 rings (SSSR count). The van der Waals surface area contributed by atoms with E-state index in [2.05, 4.69) is 11.9 Å². The molecule has 5 heteroatoms. The standard InChI is InChI=1S/C16H27N3O2/c1-12-15(20)19-8-3-4-14(19)16(21)18(12)11-7-13-5-9-17(2)10-6-13/h12-14H,3-11H2,1-2H3. The van der Waals surface area contributed by atoms with Gasteiger partial charge in [-0.3, -0.25) is 9.59 Å². The van der Waals surface area contributed by atoms with Gasteiger partial charge in [-0.05, 0) is 65.1 Å². The molecule has 0 aromatic heterocycles. The van der Waals surface area contributed by atoms with Crippen molar-refractivity contribution in [3.05, 3.63) is 0 Å². The van der Waals surface area contributed by atoms with Crippen LogP contribution in [0.2, 0.25) is 0 Å². The first-order valence-electron chi connectivity index (χ1n) is 8.37. The van der Waals surface area contributed by atoms with Crippen LogP contribution in [0.5, 0.6) is 0 Å². The second-order valence-electron chi connectivity index (χ2n) is 6.93. The summed E-state index contributed by atoms with van der Waals surface area (Å²) in [5, 5.41) is 0. The molecule has 0 aliphatic carbocycles. The van der Waals surface area contributed by atoms with E-state index in [4.69, 9.17) is 0 Å². The quantitative estimate of drug-likeness (QED) is 0.778. The van der Waals surface area contributed by atoms with Crippen molar-refractivity contribution in [3.8, 4) is 0 Å². The third kappa shape index (κ3) is 2.80. The van der Waals surface area contributed by atoms with E-state index >= 15 is 0 Å². The molecule has 0 spiro atoms. The lowest BCUT2D eigenvalue weighted by Crippen LogP contribution is -2.62. The zero-order valence-electron chi connectivity index (χ0n) is 13.3. The SMILES string of the molecule is CC1C(=O)N2CCCC2C(=O)N1CCC1CCN(C)CC1. The van der Waals surface area contributed by atoms with Crippen LogP contribution in [0.15, 0.2) is 0 Å². The largest absolute Gasteiger partial charge is 0.329 e. The molecule has 3 saturated heterocycles. The van der Waals surface area contributed by atoms with Gasteiger partial charge in [0.05, 0.1) is 0 Å². The summed E-state index contributed by atoms with van der Waals surface area (Å²) in [6, 6.07) is -0.427. The number of piperazine rings is 1. The molecule has 3 aliphatic heterocycles. The maximum Gasteiger partial charge on any atom is 0.246 e. The lowest BCUT2D eigenvalue weighted by molar-refractivity contribution is -0.158. The number of hydrogen-bond acceptors (Lipinski definition) is 3. The average Bonchev–Trinajstić information content (AvgIpc) is 2.96. The Bertz CT molecular complexity index is 418. The molecular formula is C16H27N3O2. The van der Waals surface area contributed by atoms with Crippen LogP contribution in [-0.4, -0.2) is 71.8 Å². The van der Waals surface area contributed by atoms with Crippen LogP contribution < -0.4 is 0 Å². The second kappa shape index (κ2) is 5.95. The minimum absolute atomic E-state index is 0.153. The minimum Gasteiger partial charge on any atom is -0.329 e.